The maximum Gasteiger partial charge on any atom is 0.336 e. The van der Waals surface area contributed by atoms with Crippen molar-refractivity contribution in [1.82, 2.24) is 5.32 Å². The average molecular weight is 492 g/mol. The molecule has 2 aromatic rings. The molecule has 0 amide bonds. The standard InChI is InChI=1S/C29H30ClNO4/c1-17-26(29(33)35-23-5-3-4-6-23)27(19-7-11-21(30)12-8-19)28-24(31-17)15-20(16-25(28)32)18-9-13-22(34-2)14-10-18/h7-15,20,23,27-28,31H,3-6,16H2,1-2H3. The zero-order valence-corrected chi connectivity index (χ0v) is 20.8. The van der Waals surface area contributed by atoms with Crippen molar-refractivity contribution in [2.24, 2.45) is 5.92 Å². The first-order valence-electron chi connectivity index (χ1n) is 12.3. The van der Waals surface area contributed by atoms with Crippen LogP contribution in [-0.2, 0) is 14.3 Å². The van der Waals surface area contributed by atoms with Crippen molar-refractivity contribution in [3.63, 3.8) is 0 Å². The highest BCUT2D eigenvalue weighted by Gasteiger charge is 2.45. The van der Waals surface area contributed by atoms with Gasteiger partial charge in [-0.25, -0.2) is 4.79 Å². The SMILES string of the molecule is COc1ccc(C2C=C3NC(C)=C(C(=O)OC4CCCC4)C(c4ccc(Cl)cc4)C3C(=O)C2)cc1. The van der Waals surface area contributed by atoms with Gasteiger partial charge in [-0.3, -0.25) is 4.79 Å². The van der Waals surface area contributed by atoms with E-state index in [1.54, 1.807) is 7.11 Å². The van der Waals surface area contributed by atoms with E-state index in [0.717, 1.165) is 54.0 Å². The second kappa shape index (κ2) is 9.90. The van der Waals surface area contributed by atoms with E-state index in [0.29, 0.717) is 17.0 Å². The molecule has 6 heteroatoms. The summed E-state index contributed by atoms with van der Waals surface area (Å²) in [5.74, 6) is -0.374. The first-order valence-corrected chi connectivity index (χ1v) is 12.6. The van der Waals surface area contributed by atoms with Gasteiger partial charge in [0.1, 0.15) is 17.6 Å². The lowest BCUT2D eigenvalue weighted by Gasteiger charge is -2.39. The Hall–Kier alpha value is -3.05. The number of carbonyl (C=O) groups excluding carboxylic acids is 2. The summed E-state index contributed by atoms with van der Waals surface area (Å²) in [5, 5.41) is 4.02. The van der Waals surface area contributed by atoms with Crippen molar-refractivity contribution in [3.05, 3.63) is 87.7 Å². The molecule has 1 fully saturated rings. The Morgan fingerprint density at radius 2 is 1.63 bits per heavy atom. The van der Waals surface area contributed by atoms with E-state index >= 15 is 0 Å². The van der Waals surface area contributed by atoms with Crippen molar-refractivity contribution < 1.29 is 19.1 Å². The monoisotopic (exact) mass is 491 g/mol. The zero-order valence-electron chi connectivity index (χ0n) is 20.1. The fourth-order valence-corrected chi connectivity index (χ4v) is 5.79. The number of allylic oxidation sites excluding steroid dienone is 3. The van der Waals surface area contributed by atoms with Gasteiger partial charge >= 0.3 is 5.97 Å². The number of hydrogen-bond acceptors (Lipinski definition) is 5. The van der Waals surface area contributed by atoms with Crippen LogP contribution in [0.15, 0.2) is 71.6 Å². The van der Waals surface area contributed by atoms with Crippen LogP contribution in [0.1, 0.15) is 62.0 Å². The minimum atomic E-state index is -0.472. The number of ketones is 1. The topological polar surface area (TPSA) is 64.6 Å². The maximum absolute atomic E-state index is 13.7. The second-order valence-electron chi connectivity index (χ2n) is 9.65. The molecule has 5 rings (SSSR count). The van der Waals surface area contributed by atoms with Crippen LogP contribution in [-0.4, -0.2) is 25.0 Å². The first-order chi connectivity index (χ1) is 16.9. The normalized spacial score (nSPS) is 24.5. The molecule has 5 nitrogen and oxygen atoms in total. The average Bonchev–Trinajstić information content (AvgIpc) is 3.36. The van der Waals surface area contributed by atoms with Gasteiger partial charge in [0.05, 0.1) is 18.6 Å². The summed E-state index contributed by atoms with van der Waals surface area (Å²) in [7, 11) is 1.64. The molecule has 182 valence electrons. The molecule has 1 saturated carbocycles. The summed E-state index contributed by atoms with van der Waals surface area (Å²) >= 11 is 6.16. The largest absolute Gasteiger partial charge is 0.497 e. The molecule has 3 atom stereocenters. The van der Waals surface area contributed by atoms with Gasteiger partial charge in [0, 0.05) is 34.7 Å². The Balaban J connectivity index is 1.54. The number of methoxy groups -OCH3 is 1. The van der Waals surface area contributed by atoms with Crippen LogP contribution in [0, 0.1) is 5.92 Å². The molecular formula is C29H30ClNO4. The van der Waals surface area contributed by atoms with Crippen LogP contribution >= 0.6 is 11.6 Å². The number of rotatable bonds is 5. The van der Waals surface area contributed by atoms with Crippen molar-refractivity contribution in [2.75, 3.05) is 7.11 Å². The maximum atomic E-state index is 13.7. The third-order valence-corrected chi connectivity index (χ3v) is 7.68. The lowest BCUT2D eigenvalue weighted by molar-refractivity contribution is -0.144. The van der Waals surface area contributed by atoms with Crippen LogP contribution in [0.5, 0.6) is 5.75 Å². The fraction of sp³-hybridized carbons (Fsp3) is 0.379. The summed E-state index contributed by atoms with van der Waals surface area (Å²) in [6.45, 7) is 1.90. The molecule has 0 bridgehead atoms. The Morgan fingerprint density at radius 1 is 0.971 bits per heavy atom. The molecule has 0 spiro atoms. The van der Waals surface area contributed by atoms with Gasteiger partial charge in [-0.05, 0) is 68.0 Å². The summed E-state index contributed by atoms with van der Waals surface area (Å²) in [6.07, 6.45) is 6.41. The Kier molecular flexibility index (Phi) is 6.70. The van der Waals surface area contributed by atoms with E-state index in [1.165, 1.54) is 0 Å². The number of nitrogens with one attached hydrogen (secondary N) is 1. The Bertz CT molecular complexity index is 1180. The lowest BCUT2D eigenvalue weighted by atomic mass is 9.68. The molecule has 0 saturated heterocycles. The van der Waals surface area contributed by atoms with Crippen LogP contribution < -0.4 is 10.1 Å². The lowest BCUT2D eigenvalue weighted by Crippen LogP contribution is -2.42. The first kappa shape index (κ1) is 23.7. The smallest absolute Gasteiger partial charge is 0.336 e. The van der Waals surface area contributed by atoms with Crippen molar-refractivity contribution in [1.29, 1.82) is 0 Å². The molecule has 0 aromatic heterocycles. The van der Waals surface area contributed by atoms with Crippen molar-refractivity contribution in [3.8, 4) is 5.75 Å². The number of halogens is 1. The van der Waals surface area contributed by atoms with E-state index in [-0.39, 0.29) is 23.8 Å². The molecule has 0 radical (unpaired) electrons. The van der Waals surface area contributed by atoms with Crippen LogP contribution in [0.4, 0.5) is 0 Å². The molecule has 3 aliphatic rings. The molecule has 1 N–H and O–H groups in total. The van der Waals surface area contributed by atoms with Gasteiger partial charge in [0.25, 0.3) is 0 Å². The van der Waals surface area contributed by atoms with E-state index in [1.807, 2.05) is 55.5 Å². The number of Topliss-reactive ketones (excluding diaryl/α,β-unsaturated/α-hetero) is 1. The van der Waals surface area contributed by atoms with E-state index in [9.17, 15) is 9.59 Å². The number of carbonyl (C=O) groups is 2. The fourth-order valence-electron chi connectivity index (χ4n) is 5.66. The Labute approximate surface area is 211 Å². The number of hydrogen-bond donors (Lipinski definition) is 1. The molecule has 1 heterocycles. The minimum Gasteiger partial charge on any atom is -0.497 e. The summed E-state index contributed by atoms with van der Waals surface area (Å²) in [5.41, 5.74) is 4.07. The molecule has 3 unspecified atom stereocenters. The van der Waals surface area contributed by atoms with Crippen LogP contribution in [0.25, 0.3) is 0 Å². The molecular weight excluding hydrogens is 462 g/mol. The van der Waals surface area contributed by atoms with E-state index < -0.39 is 11.8 Å². The number of esters is 1. The molecule has 2 aromatic carbocycles. The summed E-state index contributed by atoms with van der Waals surface area (Å²) < 4.78 is 11.2. The highest BCUT2D eigenvalue weighted by molar-refractivity contribution is 6.30. The quantitative estimate of drug-likeness (QED) is 0.515. The molecule has 1 aliphatic heterocycles. The van der Waals surface area contributed by atoms with Gasteiger partial charge in [0.15, 0.2) is 0 Å². The van der Waals surface area contributed by atoms with Gasteiger partial charge in [-0.1, -0.05) is 41.9 Å². The zero-order chi connectivity index (χ0) is 24.5. The van der Waals surface area contributed by atoms with Crippen molar-refractivity contribution in [2.45, 2.75) is 57.0 Å². The Morgan fingerprint density at radius 3 is 2.29 bits per heavy atom. The number of benzene rings is 2. The minimum absolute atomic E-state index is 0.0437. The second-order valence-corrected chi connectivity index (χ2v) is 10.1. The number of fused-ring (bicyclic) bond motifs is 1. The van der Waals surface area contributed by atoms with Gasteiger partial charge < -0.3 is 14.8 Å². The predicted molar refractivity (Wildman–Crippen MR) is 135 cm³/mol. The highest BCUT2D eigenvalue weighted by atomic mass is 35.5. The van der Waals surface area contributed by atoms with E-state index in [4.69, 9.17) is 21.1 Å². The predicted octanol–water partition coefficient (Wildman–Crippen LogP) is 6.05. The van der Waals surface area contributed by atoms with Crippen molar-refractivity contribution >= 4 is 23.4 Å². The highest BCUT2D eigenvalue weighted by Crippen LogP contribution is 2.46. The van der Waals surface area contributed by atoms with Gasteiger partial charge in [-0.2, -0.15) is 0 Å². The van der Waals surface area contributed by atoms with Crippen LogP contribution in [0.2, 0.25) is 5.02 Å². The molecule has 2 aliphatic carbocycles. The summed E-state index contributed by atoms with van der Waals surface area (Å²) in [4.78, 5) is 27.2. The van der Waals surface area contributed by atoms with Crippen LogP contribution in [0.3, 0.4) is 0 Å². The van der Waals surface area contributed by atoms with E-state index in [2.05, 4.69) is 11.4 Å². The summed E-state index contributed by atoms with van der Waals surface area (Å²) in [6, 6.07) is 15.3. The van der Waals surface area contributed by atoms with Gasteiger partial charge in [0.2, 0.25) is 0 Å². The molecule has 35 heavy (non-hydrogen) atoms. The number of ether oxygens (including phenoxy) is 2. The third-order valence-electron chi connectivity index (χ3n) is 7.43. The van der Waals surface area contributed by atoms with Gasteiger partial charge in [-0.15, -0.1) is 0 Å². The third kappa shape index (κ3) is 4.74.